The fraction of sp³-hybridized carbons (Fsp3) is 0.385. The van der Waals surface area contributed by atoms with Crippen LogP contribution in [-0.2, 0) is 20.7 Å². The van der Waals surface area contributed by atoms with Crippen molar-refractivity contribution in [2.45, 2.75) is 12.8 Å². The summed E-state index contributed by atoms with van der Waals surface area (Å²) in [7, 11) is 2.63. The van der Waals surface area contributed by atoms with Crippen molar-refractivity contribution in [1.29, 1.82) is 0 Å². The van der Waals surface area contributed by atoms with Gasteiger partial charge in [0.05, 0.1) is 14.2 Å². The molecule has 0 aromatic heterocycles. The maximum absolute atomic E-state index is 13.4. The minimum absolute atomic E-state index is 0.160. The van der Waals surface area contributed by atoms with Crippen LogP contribution in [0.15, 0.2) is 18.2 Å². The number of hydrogen-bond acceptors (Lipinski definition) is 4. The van der Waals surface area contributed by atoms with Gasteiger partial charge in [-0.15, -0.1) is 0 Å². The molecule has 19 heavy (non-hydrogen) atoms. The maximum atomic E-state index is 13.4. The van der Waals surface area contributed by atoms with Crippen LogP contribution in [-0.4, -0.2) is 32.6 Å². The topological polar surface area (TPSA) is 64.6 Å². The predicted octanol–water partition coefficient (Wildman–Crippen LogP) is 1.06. The molecule has 1 amide bonds. The summed E-state index contributed by atoms with van der Waals surface area (Å²) in [6, 6.07) is 4.53. The minimum atomic E-state index is -0.510. The van der Waals surface area contributed by atoms with Crippen LogP contribution in [0.25, 0.3) is 0 Å². The first-order chi connectivity index (χ1) is 9.06. The van der Waals surface area contributed by atoms with Crippen LogP contribution >= 0.6 is 0 Å². The molecule has 0 atom stereocenters. The normalized spacial score (nSPS) is 9.84. The van der Waals surface area contributed by atoms with E-state index in [1.165, 1.54) is 26.4 Å². The number of aryl methyl sites for hydroxylation is 1. The van der Waals surface area contributed by atoms with E-state index in [9.17, 15) is 14.0 Å². The number of carbonyl (C=O) groups excluding carboxylic acids is 2. The quantitative estimate of drug-likeness (QED) is 0.784. The summed E-state index contributed by atoms with van der Waals surface area (Å²) in [4.78, 5) is 22.2. The van der Waals surface area contributed by atoms with Crippen LogP contribution in [0.3, 0.4) is 0 Å². The fourth-order valence-electron chi connectivity index (χ4n) is 1.45. The van der Waals surface area contributed by atoms with Crippen molar-refractivity contribution >= 4 is 11.9 Å². The smallest absolute Gasteiger partial charge is 0.325 e. The molecule has 5 nitrogen and oxygen atoms in total. The van der Waals surface area contributed by atoms with E-state index in [0.29, 0.717) is 12.0 Å². The first-order valence-electron chi connectivity index (χ1n) is 5.72. The first-order valence-corrected chi connectivity index (χ1v) is 5.72. The molecule has 1 aromatic carbocycles. The second kappa shape index (κ2) is 7.35. The highest BCUT2D eigenvalue weighted by Crippen LogP contribution is 2.18. The monoisotopic (exact) mass is 269 g/mol. The molecule has 0 unspecified atom stereocenters. The van der Waals surface area contributed by atoms with Gasteiger partial charge in [-0.25, -0.2) is 4.39 Å². The van der Waals surface area contributed by atoms with Crippen LogP contribution in [0, 0.1) is 5.82 Å². The van der Waals surface area contributed by atoms with Crippen LogP contribution in [0.2, 0.25) is 0 Å². The Morgan fingerprint density at radius 1 is 1.32 bits per heavy atom. The molecule has 1 N–H and O–H groups in total. The lowest BCUT2D eigenvalue weighted by Gasteiger charge is -2.06. The molecule has 104 valence electrons. The molecule has 0 aliphatic carbocycles. The van der Waals surface area contributed by atoms with E-state index in [1.54, 1.807) is 6.07 Å². The standard InChI is InChI=1S/C13H16FNO4/c1-18-11-5-3-9(7-10(11)14)4-6-12(16)15-8-13(17)19-2/h3,5,7H,4,6,8H2,1-2H3,(H,15,16). The molecule has 0 aliphatic rings. The third kappa shape index (κ3) is 4.95. The van der Waals surface area contributed by atoms with E-state index in [-0.39, 0.29) is 24.6 Å². The number of rotatable bonds is 6. The summed E-state index contributed by atoms with van der Waals surface area (Å²) in [5, 5.41) is 2.41. The maximum Gasteiger partial charge on any atom is 0.325 e. The van der Waals surface area contributed by atoms with Crippen molar-refractivity contribution in [3.63, 3.8) is 0 Å². The van der Waals surface area contributed by atoms with Crippen LogP contribution < -0.4 is 10.1 Å². The fourth-order valence-corrected chi connectivity index (χ4v) is 1.45. The number of methoxy groups -OCH3 is 2. The Morgan fingerprint density at radius 3 is 2.63 bits per heavy atom. The molecule has 0 saturated carbocycles. The summed E-state index contributed by atoms with van der Waals surface area (Å²) in [5.74, 6) is -1.10. The lowest BCUT2D eigenvalue weighted by molar-refractivity contribution is -0.141. The van der Waals surface area contributed by atoms with Gasteiger partial charge >= 0.3 is 5.97 Å². The lowest BCUT2D eigenvalue weighted by Crippen LogP contribution is -2.30. The lowest BCUT2D eigenvalue weighted by atomic mass is 10.1. The summed E-state index contributed by atoms with van der Waals surface area (Å²) in [6.07, 6.45) is 0.552. The van der Waals surface area contributed by atoms with Crippen molar-refractivity contribution in [3.05, 3.63) is 29.6 Å². The number of amides is 1. The van der Waals surface area contributed by atoms with Gasteiger partial charge in [0.25, 0.3) is 0 Å². The highest BCUT2D eigenvalue weighted by atomic mass is 19.1. The molecular weight excluding hydrogens is 253 g/mol. The minimum Gasteiger partial charge on any atom is -0.494 e. The average Bonchev–Trinajstić information content (AvgIpc) is 2.42. The Labute approximate surface area is 110 Å². The number of halogens is 1. The van der Waals surface area contributed by atoms with Crippen LogP contribution in [0.1, 0.15) is 12.0 Å². The number of nitrogens with one attached hydrogen (secondary N) is 1. The summed E-state index contributed by atoms with van der Waals surface area (Å²) >= 11 is 0. The molecular formula is C13H16FNO4. The van der Waals surface area contributed by atoms with Gasteiger partial charge in [0, 0.05) is 6.42 Å². The van der Waals surface area contributed by atoms with E-state index in [4.69, 9.17) is 4.74 Å². The average molecular weight is 269 g/mol. The Balaban J connectivity index is 2.42. The Bertz CT molecular complexity index is 462. The molecule has 0 spiro atoms. The highest BCUT2D eigenvalue weighted by molar-refractivity contribution is 5.81. The van der Waals surface area contributed by atoms with Gasteiger partial charge in [-0.1, -0.05) is 6.07 Å². The van der Waals surface area contributed by atoms with E-state index >= 15 is 0 Å². The van der Waals surface area contributed by atoms with E-state index < -0.39 is 11.8 Å². The summed E-state index contributed by atoms with van der Waals surface area (Å²) in [5.41, 5.74) is 0.687. The molecule has 0 bridgehead atoms. The van der Waals surface area contributed by atoms with Crippen molar-refractivity contribution in [2.75, 3.05) is 20.8 Å². The molecule has 0 radical (unpaired) electrons. The number of esters is 1. The third-order valence-electron chi connectivity index (χ3n) is 2.51. The third-order valence-corrected chi connectivity index (χ3v) is 2.51. The van der Waals surface area contributed by atoms with Crippen molar-refractivity contribution < 1.29 is 23.5 Å². The molecule has 1 aromatic rings. The molecule has 0 aliphatic heterocycles. The van der Waals surface area contributed by atoms with Gasteiger partial charge in [-0.2, -0.15) is 0 Å². The Hall–Kier alpha value is -2.11. The Kier molecular flexibility index (Phi) is 5.78. The summed E-state index contributed by atoms with van der Waals surface area (Å²) in [6.45, 7) is -0.160. The number of carbonyl (C=O) groups is 2. The van der Waals surface area contributed by atoms with Crippen LogP contribution in [0.5, 0.6) is 5.75 Å². The molecule has 0 fully saturated rings. The molecule has 6 heteroatoms. The Morgan fingerprint density at radius 2 is 2.05 bits per heavy atom. The van der Waals surface area contributed by atoms with Gasteiger partial charge < -0.3 is 14.8 Å². The second-order valence-electron chi connectivity index (χ2n) is 3.82. The van der Waals surface area contributed by atoms with Crippen LogP contribution in [0.4, 0.5) is 4.39 Å². The zero-order valence-corrected chi connectivity index (χ0v) is 10.9. The van der Waals surface area contributed by atoms with Gasteiger partial charge in [0.2, 0.25) is 5.91 Å². The zero-order valence-electron chi connectivity index (χ0n) is 10.9. The van der Waals surface area contributed by atoms with Gasteiger partial charge in [0.1, 0.15) is 6.54 Å². The van der Waals surface area contributed by atoms with Gasteiger partial charge in [0.15, 0.2) is 11.6 Å². The molecule has 0 heterocycles. The van der Waals surface area contributed by atoms with Crippen molar-refractivity contribution in [2.24, 2.45) is 0 Å². The van der Waals surface area contributed by atoms with Gasteiger partial charge in [-0.3, -0.25) is 9.59 Å². The van der Waals surface area contributed by atoms with E-state index in [0.717, 1.165) is 0 Å². The number of benzene rings is 1. The zero-order chi connectivity index (χ0) is 14.3. The van der Waals surface area contributed by atoms with Crippen molar-refractivity contribution in [1.82, 2.24) is 5.32 Å². The molecule has 0 saturated heterocycles. The number of hydrogen-bond donors (Lipinski definition) is 1. The first kappa shape index (κ1) is 14.9. The van der Waals surface area contributed by atoms with Crippen molar-refractivity contribution in [3.8, 4) is 5.75 Å². The molecule has 1 rings (SSSR count). The number of ether oxygens (including phenoxy) is 2. The largest absolute Gasteiger partial charge is 0.494 e. The highest BCUT2D eigenvalue weighted by Gasteiger charge is 2.07. The predicted molar refractivity (Wildman–Crippen MR) is 66.3 cm³/mol. The van der Waals surface area contributed by atoms with E-state index in [2.05, 4.69) is 10.1 Å². The second-order valence-corrected chi connectivity index (χ2v) is 3.82. The van der Waals surface area contributed by atoms with Gasteiger partial charge in [-0.05, 0) is 24.1 Å². The summed E-state index contributed by atoms with van der Waals surface area (Å²) < 4.78 is 22.6. The SMILES string of the molecule is COC(=O)CNC(=O)CCc1ccc(OC)c(F)c1. The van der Waals surface area contributed by atoms with E-state index in [1.807, 2.05) is 0 Å².